The largest absolute Gasteiger partial charge is 0.486 e. The average molecular weight is 410 g/mol. The van der Waals surface area contributed by atoms with Crippen LogP contribution in [0.3, 0.4) is 0 Å². The van der Waals surface area contributed by atoms with Gasteiger partial charge in [0.2, 0.25) is 0 Å². The molecule has 1 N–H and O–H groups in total. The molecule has 3 rings (SSSR count). The Morgan fingerprint density at radius 3 is 2.70 bits per heavy atom. The van der Waals surface area contributed by atoms with Gasteiger partial charge in [0.15, 0.2) is 18.1 Å². The predicted octanol–water partition coefficient (Wildman–Crippen LogP) is 3.04. The Morgan fingerprint density at radius 2 is 1.93 bits per heavy atom. The predicted molar refractivity (Wildman–Crippen MR) is 100 cm³/mol. The molecule has 1 aliphatic rings. The maximum absolute atomic E-state index is 11.9. The molecule has 0 unspecified atom stereocenters. The third kappa shape index (κ3) is 5.52. The van der Waals surface area contributed by atoms with Crippen LogP contribution in [0.5, 0.6) is 11.5 Å². The van der Waals surface area contributed by atoms with Crippen molar-refractivity contribution in [2.75, 3.05) is 19.8 Å². The quantitative estimate of drug-likeness (QED) is 0.742. The van der Waals surface area contributed by atoms with E-state index in [9.17, 15) is 9.59 Å². The Hall–Kier alpha value is -2.44. The van der Waals surface area contributed by atoms with Gasteiger partial charge in [0.05, 0.1) is 13.0 Å². The van der Waals surface area contributed by atoms with E-state index in [0.717, 1.165) is 0 Å². The highest BCUT2D eigenvalue weighted by atomic mass is 35.5. The fourth-order valence-electron chi connectivity index (χ4n) is 2.46. The lowest BCUT2D eigenvalue weighted by molar-refractivity contribution is -0.148. The Morgan fingerprint density at radius 1 is 1.15 bits per heavy atom. The van der Waals surface area contributed by atoms with Gasteiger partial charge in [0.25, 0.3) is 5.91 Å². The van der Waals surface area contributed by atoms with Crippen molar-refractivity contribution in [3.05, 3.63) is 58.1 Å². The molecular weight excluding hydrogens is 393 g/mol. The molecule has 1 amide bonds. The molecule has 0 aromatic heterocycles. The van der Waals surface area contributed by atoms with E-state index in [0.29, 0.717) is 33.7 Å². The zero-order valence-corrected chi connectivity index (χ0v) is 15.8. The first-order chi connectivity index (χ1) is 13.0. The maximum Gasteiger partial charge on any atom is 0.310 e. The average Bonchev–Trinajstić information content (AvgIpc) is 2.67. The van der Waals surface area contributed by atoms with Crippen LogP contribution >= 0.6 is 23.2 Å². The van der Waals surface area contributed by atoms with Gasteiger partial charge in [0, 0.05) is 10.0 Å². The molecule has 0 fully saturated rings. The first-order valence-corrected chi connectivity index (χ1v) is 9.01. The molecule has 0 spiro atoms. The number of hydrogen-bond acceptors (Lipinski definition) is 5. The Labute approximate surface area is 166 Å². The molecule has 1 aliphatic heterocycles. The molecular formula is C19H17Cl2NO5. The van der Waals surface area contributed by atoms with Gasteiger partial charge in [-0.2, -0.15) is 0 Å². The van der Waals surface area contributed by atoms with Gasteiger partial charge in [0.1, 0.15) is 12.7 Å². The van der Waals surface area contributed by atoms with E-state index in [-0.39, 0.29) is 25.7 Å². The van der Waals surface area contributed by atoms with Crippen molar-refractivity contribution < 1.29 is 23.8 Å². The summed E-state index contributed by atoms with van der Waals surface area (Å²) in [6, 6.07) is 12.1. The number of fused-ring (bicyclic) bond motifs is 1. The SMILES string of the molecule is O=C(COC(=O)Cc1ccc(Cl)cc1Cl)NC[C@@H]1COc2ccccc2O1. The highest BCUT2D eigenvalue weighted by molar-refractivity contribution is 6.35. The van der Waals surface area contributed by atoms with Crippen LogP contribution in [0.2, 0.25) is 10.0 Å². The van der Waals surface area contributed by atoms with Crippen molar-refractivity contribution >= 4 is 35.1 Å². The van der Waals surface area contributed by atoms with Crippen molar-refractivity contribution in [1.82, 2.24) is 5.32 Å². The number of nitrogens with one attached hydrogen (secondary N) is 1. The lowest BCUT2D eigenvalue weighted by atomic mass is 10.1. The second-order valence-corrected chi connectivity index (χ2v) is 6.72. The summed E-state index contributed by atoms with van der Waals surface area (Å²) >= 11 is 11.8. The van der Waals surface area contributed by atoms with E-state index in [1.807, 2.05) is 18.2 Å². The fourth-order valence-corrected chi connectivity index (χ4v) is 2.94. The fraction of sp³-hybridized carbons (Fsp3) is 0.263. The first kappa shape index (κ1) is 19.3. The van der Waals surface area contributed by atoms with Gasteiger partial charge in [-0.15, -0.1) is 0 Å². The van der Waals surface area contributed by atoms with Crippen LogP contribution in [-0.4, -0.2) is 37.7 Å². The summed E-state index contributed by atoms with van der Waals surface area (Å²) in [7, 11) is 0. The minimum absolute atomic E-state index is 0.0420. The standard InChI is InChI=1S/C19H17Cl2NO5/c20-13-6-5-12(15(21)8-13)7-19(24)26-11-18(23)22-9-14-10-25-16-3-1-2-4-17(16)27-14/h1-6,8,14H,7,9-11H2,(H,22,23)/t14-/m1/s1. The lowest BCUT2D eigenvalue weighted by Gasteiger charge is -2.26. The van der Waals surface area contributed by atoms with E-state index in [2.05, 4.69) is 5.32 Å². The van der Waals surface area contributed by atoms with Gasteiger partial charge >= 0.3 is 5.97 Å². The van der Waals surface area contributed by atoms with E-state index in [1.165, 1.54) is 0 Å². The lowest BCUT2D eigenvalue weighted by Crippen LogP contribution is -2.42. The summed E-state index contributed by atoms with van der Waals surface area (Å²) in [4.78, 5) is 23.7. The van der Waals surface area contributed by atoms with Gasteiger partial charge in [-0.3, -0.25) is 9.59 Å². The molecule has 0 aliphatic carbocycles. The summed E-state index contributed by atoms with van der Waals surface area (Å²) in [5, 5.41) is 3.51. The number of ether oxygens (including phenoxy) is 3. The number of carbonyl (C=O) groups is 2. The van der Waals surface area contributed by atoms with E-state index in [1.54, 1.807) is 24.3 Å². The van der Waals surface area contributed by atoms with Crippen LogP contribution in [0.15, 0.2) is 42.5 Å². The van der Waals surface area contributed by atoms with Crippen molar-refractivity contribution in [2.45, 2.75) is 12.5 Å². The van der Waals surface area contributed by atoms with Crippen LogP contribution in [0.4, 0.5) is 0 Å². The van der Waals surface area contributed by atoms with E-state index < -0.39 is 11.9 Å². The van der Waals surface area contributed by atoms with Gasteiger partial charge in [-0.05, 0) is 29.8 Å². The third-order valence-electron chi connectivity index (χ3n) is 3.81. The van der Waals surface area contributed by atoms with Gasteiger partial charge in [-0.1, -0.05) is 41.4 Å². The number of halogens is 2. The number of amides is 1. The normalized spacial score (nSPS) is 15.1. The van der Waals surface area contributed by atoms with Crippen LogP contribution in [0.25, 0.3) is 0 Å². The smallest absolute Gasteiger partial charge is 0.310 e. The monoisotopic (exact) mass is 409 g/mol. The molecule has 0 saturated heterocycles. The molecule has 8 heteroatoms. The van der Waals surface area contributed by atoms with Crippen molar-refractivity contribution in [1.29, 1.82) is 0 Å². The molecule has 6 nitrogen and oxygen atoms in total. The minimum atomic E-state index is -0.555. The summed E-state index contributed by atoms with van der Waals surface area (Å²) in [6.45, 7) is 0.189. The van der Waals surface area contributed by atoms with Crippen LogP contribution < -0.4 is 14.8 Å². The van der Waals surface area contributed by atoms with Crippen LogP contribution in [0, 0.1) is 0 Å². The van der Waals surface area contributed by atoms with Crippen molar-refractivity contribution in [3.8, 4) is 11.5 Å². The minimum Gasteiger partial charge on any atom is -0.486 e. The van der Waals surface area contributed by atoms with E-state index in [4.69, 9.17) is 37.4 Å². The van der Waals surface area contributed by atoms with E-state index >= 15 is 0 Å². The molecule has 27 heavy (non-hydrogen) atoms. The second kappa shape index (κ2) is 8.97. The number of benzene rings is 2. The first-order valence-electron chi connectivity index (χ1n) is 8.26. The molecule has 1 heterocycles. The molecule has 1 atom stereocenters. The number of hydrogen-bond donors (Lipinski definition) is 1. The number of esters is 1. The number of carbonyl (C=O) groups excluding carboxylic acids is 2. The molecule has 0 saturated carbocycles. The van der Waals surface area contributed by atoms with Crippen molar-refractivity contribution in [2.24, 2.45) is 0 Å². The molecule has 142 valence electrons. The Bertz CT molecular complexity index is 843. The second-order valence-electron chi connectivity index (χ2n) is 5.87. The summed E-state index contributed by atoms with van der Waals surface area (Å²) in [5.41, 5.74) is 0.581. The van der Waals surface area contributed by atoms with Crippen LogP contribution in [-0.2, 0) is 20.7 Å². The highest BCUT2D eigenvalue weighted by Gasteiger charge is 2.21. The number of para-hydroxylation sites is 2. The Balaban J connectivity index is 1.39. The number of rotatable bonds is 6. The summed E-state index contributed by atoms with van der Waals surface area (Å²) in [5.74, 6) is 0.331. The summed E-state index contributed by atoms with van der Waals surface area (Å²) < 4.78 is 16.3. The maximum atomic E-state index is 11.9. The highest BCUT2D eigenvalue weighted by Crippen LogP contribution is 2.30. The van der Waals surface area contributed by atoms with Crippen molar-refractivity contribution in [3.63, 3.8) is 0 Å². The molecule has 2 aromatic carbocycles. The van der Waals surface area contributed by atoms with Gasteiger partial charge in [-0.25, -0.2) is 0 Å². The molecule has 0 radical (unpaired) electrons. The topological polar surface area (TPSA) is 73.9 Å². The zero-order chi connectivity index (χ0) is 19.2. The zero-order valence-electron chi connectivity index (χ0n) is 14.2. The van der Waals surface area contributed by atoms with Gasteiger partial charge < -0.3 is 19.5 Å². The molecule has 0 bridgehead atoms. The Kier molecular flexibility index (Phi) is 6.42. The third-order valence-corrected chi connectivity index (χ3v) is 4.40. The molecule has 2 aromatic rings. The van der Waals surface area contributed by atoms with Crippen LogP contribution in [0.1, 0.15) is 5.56 Å². The summed E-state index contributed by atoms with van der Waals surface area (Å²) in [6.07, 6.45) is -0.355.